The number of carbonyl (C=O) groups is 1. The van der Waals surface area contributed by atoms with E-state index in [0.29, 0.717) is 18.0 Å². The predicted molar refractivity (Wildman–Crippen MR) is 112 cm³/mol. The van der Waals surface area contributed by atoms with Crippen molar-refractivity contribution in [1.82, 2.24) is 14.5 Å². The largest absolute Gasteiger partial charge is 0.457 e. The second-order valence-corrected chi connectivity index (χ2v) is 8.17. The summed E-state index contributed by atoms with van der Waals surface area (Å²) in [4.78, 5) is 18.3. The summed E-state index contributed by atoms with van der Waals surface area (Å²) in [5.74, 6) is 1.01. The molecule has 0 spiro atoms. The third kappa shape index (κ3) is 5.22. The summed E-state index contributed by atoms with van der Waals surface area (Å²) in [5, 5.41) is -0.152. The summed E-state index contributed by atoms with van der Waals surface area (Å²) in [6.07, 6.45) is 1.70. The standard InChI is InChI=1S/C22H20F3N3O2S/c23-22(24,25)17-5-2-7-19(13-17)30-18-6-1-4-16(12-18)21-28(20(29)14-31-21)10-3-9-27-11-8-26-15-27/h1-2,4-8,11-13,15,21H,3,9-10,14H2. The number of aromatic nitrogens is 2. The molecule has 1 aliphatic rings. The lowest BCUT2D eigenvalue weighted by Gasteiger charge is -2.24. The Hall–Kier alpha value is -2.94. The Kier molecular flexibility index (Phi) is 6.22. The van der Waals surface area contributed by atoms with Crippen LogP contribution in [0, 0.1) is 0 Å². The molecule has 1 saturated heterocycles. The van der Waals surface area contributed by atoms with Crippen molar-refractivity contribution in [3.63, 3.8) is 0 Å². The molecule has 0 saturated carbocycles. The van der Waals surface area contributed by atoms with Gasteiger partial charge in [-0.3, -0.25) is 4.79 Å². The number of nitrogens with zero attached hydrogens (tertiary/aromatic N) is 3. The van der Waals surface area contributed by atoms with Crippen LogP contribution in [0.15, 0.2) is 67.3 Å². The second kappa shape index (κ2) is 9.05. The molecule has 1 fully saturated rings. The molecule has 1 unspecified atom stereocenters. The first-order valence-electron chi connectivity index (χ1n) is 9.72. The first-order valence-corrected chi connectivity index (χ1v) is 10.8. The Morgan fingerprint density at radius 1 is 1.10 bits per heavy atom. The second-order valence-electron chi connectivity index (χ2n) is 7.10. The van der Waals surface area contributed by atoms with E-state index < -0.39 is 11.7 Å². The van der Waals surface area contributed by atoms with E-state index in [9.17, 15) is 18.0 Å². The van der Waals surface area contributed by atoms with Crippen molar-refractivity contribution in [2.45, 2.75) is 24.5 Å². The van der Waals surface area contributed by atoms with Crippen LogP contribution in [0.5, 0.6) is 11.5 Å². The fraction of sp³-hybridized carbons (Fsp3) is 0.273. The lowest BCUT2D eigenvalue weighted by molar-refractivity contribution is -0.137. The number of amides is 1. The smallest absolute Gasteiger partial charge is 0.416 e. The minimum atomic E-state index is -4.43. The van der Waals surface area contributed by atoms with Crippen molar-refractivity contribution in [2.75, 3.05) is 12.3 Å². The topological polar surface area (TPSA) is 47.4 Å². The number of benzene rings is 2. The number of alkyl halides is 3. The highest BCUT2D eigenvalue weighted by atomic mass is 32.2. The molecule has 4 rings (SSSR count). The number of aryl methyl sites for hydroxylation is 1. The van der Waals surface area contributed by atoms with E-state index in [0.717, 1.165) is 30.7 Å². The molecule has 2 aromatic carbocycles. The van der Waals surface area contributed by atoms with Gasteiger partial charge in [0.05, 0.1) is 17.6 Å². The highest BCUT2D eigenvalue weighted by Gasteiger charge is 2.33. The molecular weight excluding hydrogens is 427 g/mol. The monoisotopic (exact) mass is 447 g/mol. The molecule has 2 heterocycles. The summed E-state index contributed by atoms with van der Waals surface area (Å²) in [7, 11) is 0. The van der Waals surface area contributed by atoms with E-state index >= 15 is 0 Å². The van der Waals surface area contributed by atoms with E-state index in [1.54, 1.807) is 30.7 Å². The van der Waals surface area contributed by atoms with Gasteiger partial charge in [-0.15, -0.1) is 11.8 Å². The van der Waals surface area contributed by atoms with E-state index in [1.807, 2.05) is 21.7 Å². The Labute approximate surface area is 181 Å². The van der Waals surface area contributed by atoms with Crippen LogP contribution < -0.4 is 4.74 Å². The van der Waals surface area contributed by atoms with Crippen molar-refractivity contribution in [1.29, 1.82) is 0 Å². The lowest BCUT2D eigenvalue weighted by Crippen LogP contribution is -2.29. The van der Waals surface area contributed by atoms with Gasteiger partial charge in [0.1, 0.15) is 16.9 Å². The number of carbonyl (C=O) groups excluding carboxylic acids is 1. The average molecular weight is 447 g/mol. The molecule has 0 radical (unpaired) electrons. The molecule has 1 amide bonds. The Bertz CT molecular complexity index is 1040. The summed E-state index contributed by atoms with van der Waals surface area (Å²) < 4.78 is 46.5. The average Bonchev–Trinajstić information content (AvgIpc) is 3.38. The van der Waals surface area contributed by atoms with Crippen LogP contribution in [0.2, 0.25) is 0 Å². The van der Waals surface area contributed by atoms with Gasteiger partial charge < -0.3 is 14.2 Å². The first kappa shape index (κ1) is 21.3. The predicted octanol–water partition coefficient (Wildman–Crippen LogP) is 5.36. The third-order valence-corrected chi connectivity index (χ3v) is 6.14. The van der Waals surface area contributed by atoms with Crippen molar-refractivity contribution in [2.24, 2.45) is 0 Å². The highest BCUT2D eigenvalue weighted by molar-refractivity contribution is 8.00. The van der Waals surface area contributed by atoms with Crippen LogP contribution in [0.3, 0.4) is 0 Å². The van der Waals surface area contributed by atoms with Crippen LogP contribution in [0.1, 0.15) is 22.9 Å². The van der Waals surface area contributed by atoms with Crippen LogP contribution in [-0.2, 0) is 17.5 Å². The zero-order valence-electron chi connectivity index (χ0n) is 16.5. The highest BCUT2D eigenvalue weighted by Crippen LogP contribution is 2.40. The van der Waals surface area contributed by atoms with E-state index in [2.05, 4.69) is 4.98 Å². The molecule has 0 aliphatic carbocycles. The third-order valence-electron chi connectivity index (χ3n) is 4.88. The molecule has 31 heavy (non-hydrogen) atoms. The van der Waals surface area contributed by atoms with Gasteiger partial charge in [0.15, 0.2) is 0 Å². The Morgan fingerprint density at radius 3 is 2.61 bits per heavy atom. The van der Waals surface area contributed by atoms with Gasteiger partial charge in [0.2, 0.25) is 5.91 Å². The van der Waals surface area contributed by atoms with Crippen molar-refractivity contribution in [3.8, 4) is 11.5 Å². The fourth-order valence-corrected chi connectivity index (χ4v) is 4.63. The van der Waals surface area contributed by atoms with Crippen molar-refractivity contribution < 1.29 is 22.7 Å². The van der Waals surface area contributed by atoms with E-state index in [1.165, 1.54) is 23.9 Å². The van der Waals surface area contributed by atoms with Gasteiger partial charge >= 0.3 is 6.18 Å². The molecule has 0 N–H and O–H groups in total. The van der Waals surface area contributed by atoms with Crippen molar-refractivity contribution >= 4 is 17.7 Å². The molecule has 5 nitrogen and oxygen atoms in total. The number of imidazole rings is 1. The number of rotatable bonds is 7. The summed E-state index contributed by atoms with van der Waals surface area (Å²) in [5.41, 5.74) is 0.116. The zero-order chi connectivity index (χ0) is 21.8. The summed E-state index contributed by atoms with van der Waals surface area (Å²) >= 11 is 1.53. The zero-order valence-corrected chi connectivity index (χ0v) is 17.3. The van der Waals surface area contributed by atoms with Gasteiger partial charge in [-0.05, 0) is 42.3 Å². The van der Waals surface area contributed by atoms with E-state index in [4.69, 9.17) is 4.74 Å². The molecule has 1 atom stereocenters. The maximum absolute atomic E-state index is 12.9. The van der Waals surface area contributed by atoms with Gasteiger partial charge in [-0.25, -0.2) is 4.98 Å². The van der Waals surface area contributed by atoms with Crippen LogP contribution in [0.25, 0.3) is 0 Å². The minimum Gasteiger partial charge on any atom is -0.457 e. The van der Waals surface area contributed by atoms with Gasteiger partial charge in [0.25, 0.3) is 0 Å². The number of ether oxygens (including phenoxy) is 1. The summed E-state index contributed by atoms with van der Waals surface area (Å²) in [6, 6.07) is 11.9. The fourth-order valence-electron chi connectivity index (χ4n) is 3.42. The maximum Gasteiger partial charge on any atom is 0.416 e. The van der Waals surface area contributed by atoms with Gasteiger partial charge in [0, 0.05) is 25.5 Å². The lowest BCUT2D eigenvalue weighted by atomic mass is 10.2. The Balaban J connectivity index is 1.46. The van der Waals surface area contributed by atoms with Crippen LogP contribution in [-0.4, -0.2) is 32.7 Å². The molecule has 1 aliphatic heterocycles. The maximum atomic E-state index is 12.9. The SMILES string of the molecule is O=C1CSC(c2cccc(Oc3cccc(C(F)(F)F)c3)c2)N1CCCn1ccnc1. The number of thioether (sulfide) groups is 1. The molecule has 0 bridgehead atoms. The Morgan fingerprint density at radius 2 is 1.87 bits per heavy atom. The molecule has 9 heteroatoms. The normalized spacial score (nSPS) is 16.7. The van der Waals surface area contributed by atoms with Crippen molar-refractivity contribution in [3.05, 3.63) is 78.4 Å². The van der Waals surface area contributed by atoms with Gasteiger partial charge in [-0.2, -0.15) is 13.2 Å². The molecular formula is C22H20F3N3O2S. The molecule has 3 aromatic rings. The quantitative estimate of drug-likeness (QED) is 0.489. The minimum absolute atomic E-state index is 0.0739. The molecule has 162 valence electrons. The van der Waals surface area contributed by atoms with Crippen LogP contribution >= 0.6 is 11.8 Å². The number of hydrogen-bond donors (Lipinski definition) is 0. The first-order chi connectivity index (χ1) is 14.9. The van der Waals surface area contributed by atoms with Gasteiger partial charge in [-0.1, -0.05) is 18.2 Å². The summed E-state index contributed by atoms with van der Waals surface area (Å²) in [6.45, 7) is 1.37. The number of hydrogen-bond acceptors (Lipinski definition) is 4. The number of halogens is 3. The van der Waals surface area contributed by atoms with Crippen LogP contribution in [0.4, 0.5) is 13.2 Å². The molecule has 1 aromatic heterocycles. The van der Waals surface area contributed by atoms with E-state index in [-0.39, 0.29) is 17.0 Å².